The molecule has 4 saturated carbocycles. The van der Waals surface area contributed by atoms with Crippen molar-refractivity contribution in [2.45, 2.75) is 98.8 Å². The van der Waals surface area contributed by atoms with Gasteiger partial charge in [0.05, 0.1) is 20.1 Å². The largest absolute Gasteiger partial charge is 0.481 e. The molecule has 8 atom stereocenters. The van der Waals surface area contributed by atoms with Crippen molar-refractivity contribution in [2.75, 3.05) is 27.3 Å². The van der Waals surface area contributed by atoms with Crippen LogP contribution < -0.4 is 5.32 Å². The molecule has 2 heterocycles. The summed E-state index contributed by atoms with van der Waals surface area (Å²) in [5, 5.41) is 11.8. The number of methoxy groups -OCH3 is 2. The molecular weight excluding hydrogens is 702 g/mol. The molecule has 9 nitrogen and oxygen atoms in total. The van der Waals surface area contributed by atoms with Crippen molar-refractivity contribution >= 4 is 82.6 Å². The minimum Gasteiger partial charge on any atom is -0.481 e. The van der Waals surface area contributed by atoms with Crippen LogP contribution in [0.5, 0.6) is 0 Å². The highest BCUT2D eigenvalue weighted by atomic mass is 35.5. The Morgan fingerprint density at radius 2 is 1.24 bits per heavy atom. The van der Waals surface area contributed by atoms with E-state index < -0.39 is 26.6 Å². The van der Waals surface area contributed by atoms with Gasteiger partial charge < -0.3 is 24.8 Å². The fourth-order valence-electron chi connectivity index (χ4n) is 8.03. The Kier molecular flexibility index (Phi) is 14.1. The number of hydrogen-bond acceptors (Lipinski definition) is 7. The van der Waals surface area contributed by atoms with Crippen LogP contribution in [-0.2, 0) is 28.7 Å². The lowest BCUT2D eigenvalue weighted by Gasteiger charge is -2.34. The highest BCUT2D eigenvalue weighted by Gasteiger charge is 2.74. The number of rotatable bonds is 6. The van der Waals surface area contributed by atoms with Crippen LogP contribution in [0, 0.1) is 47.3 Å². The maximum absolute atomic E-state index is 12.9. The predicted molar refractivity (Wildman–Crippen MR) is 181 cm³/mol. The van der Waals surface area contributed by atoms with Gasteiger partial charge in [-0.1, -0.05) is 52.4 Å². The maximum atomic E-state index is 12.9. The first-order chi connectivity index (χ1) is 21.2. The number of hydrogen-bond donors (Lipinski definition) is 2. The second-order valence-electron chi connectivity index (χ2n) is 13.7. The summed E-state index contributed by atoms with van der Waals surface area (Å²) in [5.74, 6) is -0.512. The summed E-state index contributed by atoms with van der Waals surface area (Å²) >= 11 is 24.3. The maximum Gasteiger partial charge on any atom is 0.328 e. The van der Waals surface area contributed by atoms with Crippen LogP contribution in [0.4, 0.5) is 0 Å². The first-order valence-electron chi connectivity index (χ1n) is 16.4. The number of nitrogens with zero attached hydrogens (tertiary/aromatic N) is 1. The minimum atomic E-state index is -0.885. The summed E-state index contributed by atoms with van der Waals surface area (Å²) in [6.45, 7) is 4.99. The van der Waals surface area contributed by atoms with Gasteiger partial charge in [-0.05, 0) is 37.5 Å². The molecule has 0 radical (unpaired) electrons. The third kappa shape index (κ3) is 8.35. The SMILES string of the molecule is COC(=O)[C@@H]1[C@@H]2[C@H](CN1C(=O)[C@@H](C)C1CCCCC1)C2(Cl)Cl.COC(=O)[C@H]1NC[C@H]2[C@@H]1C2(Cl)Cl.C[C@H](C(=O)O)C1CCCCC1.Cl. The monoisotopic (exact) mass is 748 g/mol. The zero-order valence-electron chi connectivity index (χ0n) is 27.0. The molecule has 4 aliphatic carbocycles. The lowest BCUT2D eigenvalue weighted by atomic mass is 9.80. The number of alkyl halides is 4. The van der Waals surface area contributed by atoms with Crippen LogP contribution in [0.2, 0.25) is 0 Å². The second-order valence-corrected chi connectivity index (χ2v) is 16.6. The Bertz CT molecular complexity index is 1100. The number of piperidine rings is 2. The van der Waals surface area contributed by atoms with E-state index in [0.717, 1.165) is 25.7 Å². The summed E-state index contributed by atoms with van der Waals surface area (Å²) in [5.41, 5.74) is 0. The van der Waals surface area contributed by atoms with Crippen LogP contribution in [0.15, 0.2) is 0 Å². The van der Waals surface area contributed by atoms with Crippen molar-refractivity contribution in [1.82, 2.24) is 10.2 Å². The standard InChI is InChI=1S/C16H23Cl2NO3.C9H16O2.C7H9Cl2NO2.ClH/c1-9(10-6-4-3-5-7-10)14(20)19-8-11-12(16(11,17)18)13(19)15(21)22-2;1-7(9(10)11)8-5-3-2-4-6-8;1-12-6(11)5-4-3(2-10-5)7(4,8)9;/h9-13H,3-8H2,1-2H3;7-8H,2-6H2,1H3,(H,10,11);3-5,10H,2H2,1H3;1H/t9-,11-,12-,13-;7-;3-,4-,5-;/m000./s1. The average molecular weight is 751 g/mol. The molecule has 6 aliphatic rings. The summed E-state index contributed by atoms with van der Waals surface area (Å²) < 4.78 is 7.90. The molecule has 2 N–H and O–H groups in total. The number of carbonyl (C=O) groups excluding carboxylic acids is 3. The van der Waals surface area contributed by atoms with E-state index >= 15 is 0 Å². The highest BCUT2D eigenvalue weighted by Crippen LogP contribution is 2.66. The molecule has 2 aliphatic heterocycles. The van der Waals surface area contributed by atoms with Gasteiger partial charge in [0.1, 0.15) is 20.8 Å². The number of carboxylic acid groups (broad SMARTS) is 1. The summed E-state index contributed by atoms with van der Waals surface area (Å²) in [4.78, 5) is 48.4. The lowest BCUT2D eigenvalue weighted by molar-refractivity contribution is -0.154. The molecular formula is C32H49Cl5N2O7. The topological polar surface area (TPSA) is 122 Å². The van der Waals surface area contributed by atoms with E-state index in [0.29, 0.717) is 24.9 Å². The van der Waals surface area contributed by atoms with Crippen LogP contribution in [0.3, 0.4) is 0 Å². The fraction of sp³-hybridized carbons (Fsp3) is 0.875. The molecule has 1 amide bonds. The number of halogens is 5. The number of carbonyl (C=O) groups is 4. The fourth-order valence-corrected chi connectivity index (χ4v) is 9.71. The van der Waals surface area contributed by atoms with Gasteiger partial charge in [0, 0.05) is 42.7 Å². The number of aliphatic carboxylic acids is 1. The van der Waals surface area contributed by atoms with E-state index in [1.165, 1.54) is 52.7 Å². The van der Waals surface area contributed by atoms with Gasteiger partial charge in [-0.3, -0.25) is 14.4 Å². The Balaban J connectivity index is 0.000000204. The van der Waals surface area contributed by atoms with E-state index in [1.807, 2.05) is 13.8 Å². The van der Waals surface area contributed by atoms with Crippen LogP contribution in [0.1, 0.15) is 78.1 Å². The molecule has 0 aromatic rings. The number of likely N-dealkylation sites (tertiary alicyclic amines) is 1. The number of esters is 2. The van der Waals surface area contributed by atoms with Gasteiger partial charge in [0.15, 0.2) is 0 Å². The van der Waals surface area contributed by atoms with Crippen molar-refractivity contribution in [3.05, 3.63) is 0 Å². The zero-order valence-corrected chi connectivity index (χ0v) is 30.9. The molecule has 46 heavy (non-hydrogen) atoms. The Morgan fingerprint density at radius 1 is 0.761 bits per heavy atom. The smallest absolute Gasteiger partial charge is 0.328 e. The molecule has 6 rings (SSSR count). The first kappa shape index (κ1) is 39.7. The number of nitrogens with one attached hydrogen (secondary N) is 1. The molecule has 14 heteroatoms. The van der Waals surface area contributed by atoms with E-state index in [9.17, 15) is 19.2 Å². The van der Waals surface area contributed by atoms with Crippen molar-refractivity contribution in [3.8, 4) is 0 Å². The average Bonchev–Trinajstić information content (AvgIpc) is 3.51. The third-order valence-electron chi connectivity index (χ3n) is 11.2. The van der Waals surface area contributed by atoms with Crippen molar-refractivity contribution in [2.24, 2.45) is 47.3 Å². The van der Waals surface area contributed by atoms with E-state index in [4.69, 9.17) is 56.2 Å². The second kappa shape index (κ2) is 16.3. The molecule has 0 unspecified atom stereocenters. The summed E-state index contributed by atoms with van der Waals surface area (Å²) in [7, 11) is 2.71. The van der Waals surface area contributed by atoms with Gasteiger partial charge in [-0.2, -0.15) is 0 Å². The van der Waals surface area contributed by atoms with Gasteiger partial charge in [0.2, 0.25) is 5.91 Å². The lowest BCUT2D eigenvalue weighted by Crippen LogP contribution is -2.49. The number of carboxylic acids is 1. The highest BCUT2D eigenvalue weighted by molar-refractivity contribution is 6.52. The normalized spacial score (nSPS) is 33.2. The molecule has 0 bridgehead atoms. The van der Waals surface area contributed by atoms with Gasteiger partial charge >= 0.3 is 17.9 Å². The van der Waals surface area contributed by atoms with Crippen LogP contribution >= 0.6 is 58.8 Å². The quantitative estimate of drug-likeness (QED) is 0.241. The van der Waals surface area contributed by atoms with Crippen molar-refractivity contribution in [3.63, 3.8) is 0 Å². The first-order valence-corrected chi connectivity index (χ1v) is 17.9. The Hall–Kier alpha value is -0.710. The Morgan fingerprint density at radius 3 is 1.67 bits per heavy atom. The molecule has 264 valence electrons. The van der Waals surface area contributed by atoms with Crippen LogP contribution in [0.25, 0.3) is 0 Å². The molecule has 0 spiro atoms. The van der Waals surface area contributed by atoms with Crippen LogP contribution in [-0.4, -0.2) is 81.9 Å². The summed E-state index contributed by atoms with van der Waals surface area (Å²) in [6, 6.07) is -0.932. The Labute approximate surface area is 298 Å². The van der Waals surface area contributed by atoms with Gasteiger partial charge in [0.25, 0.3) is 0 Å². The molecule has 6 fully saturated rings. The van der Waals surface area contributed by atoms with Gasteiger partial charge in [-0.15, -0.1) is 58.8 Å². The minimum absolute atomic E-state index is 0. The van der Waals surface area contributed by atoms with E-state index in [-0.39, 0.29) is 65.8 Å². The van der Waals surface area contributed by atoms with E-state index in [2.05, 4.69) is 10.1 Å². The van der Waals surface area contributed by atoms with Gasteiger partial charge in [-0.25, -0.2) is 4.79 Å². The van der Waals surface area contributed by atoms with Crippen molar-refractivity contribution < 1.29 is 33.8 Å². The number of amides is 1. The number of fused-ring (bicyclic) bond motifs is 2. The van der Waals surface area contributed by atoms with E-state index in [1.54, 1.807) is 4.90 Å². The predicted octanol–water partition coefficient (Wildman–Crippen LogP) is 6.27. The van der Waals surface area contributed by atoms with Crippen molar-refractivity contribution in [1.29, 1.82) is 0 Å². The molecule has 0 aromatic carbocycles. The number of ether oxygens (including phenoxy) is 2. The molecule has 2 saturated heterocycles. The molecule has 0 aromatic heterocycles. The third-order valence-corrected chi connectivity index (χ3v) is 13.3. The zero-order chi connectivity index (χ0) is 33.3. The summed E-state index contributed by atoms with van der Waals surface area (Å²) in [6.07, 6.45) is 11.8.